The standard InChI is InChI=1S/C15H24O/c1-14(2)7-4-8-15(3)11-6-5-10(9-16)12(15)13(11)14/h5,11-13,16H,4,6-9H2,1-3H3/t11-,12+,13+,15+/m1/s1. The van der Waals surface area contributed by atoms with Gasteiger partial charge in [0.05, 0.1) is 6.61 Å². The Hall–Kier alpha value is -0.300. The van der Waals surface area contributed by atoms with Gasteiger partial charge in [-0.25, -0.2) is 0 Å². The fraction of sp³-hybridized carbons (Fsp3) is 0.867. The number of hydrogen-bond donors (Lipinski definition) is 1. The molecule has 3 rings (SSSR count). The molecule has 0 heterocycles. The van der Waals surface area contributed by atoms with E-state index >= 15 is 0 Å². The molecular weight excluding hydrogens is 196 g/mol. The maximum absolute atomic E-state index is 9.55. The lowest BCUT2D eigenvalue weighted by atomic mass is 9.38. The van der Waals surface area contributed by atoms with Gasteiger partial charge in [-0.1, -0.05) is 33.3 Å². The Morgan fingerprint density at radius 1 is 1.31 bits per heavy atom. The van der Waals surface area contributed by atoms with Crippen molar-refractivity contribution in [2.24, 2.45) is 28.6 Å². The average Bonchev–Trinajstić information content (AvgIpc) is 2.43. The van der Waals surface area contributed by atoms with Crippen LogP contribution >= 0.6 is 0 Å². The van der Waals surface area contributed by atoms with Gasteiger partial charge in [0.25, 0.3) is 0 Å². The molecule has 2 fully saturated rings. The van der Waals surface area contributed by atoms with Gasteiger partial charge in [-0.05, 0) is 53.4 Å². The molecule has 0 amide bonds. The van der Waals surface area contributed by atoms with Crippen molar-refractivity contribution in [3.63, 3.8) is 0 Å². The third kappa shape index (κ3) is 1.11. The lowest BCUT2D eigenvalue weighted by molar-refractivity contribution is -0.141. The highest BCUT2D eigenvalue weighted by molar-refractivity contribution is 5.29. The van der Waals surface area contributed by atoms with Gasteiger partial charge in [0.15, 0.2) is 0 Å². The Morgan fingerprint density at radius 2 is 2.06 bits per heavy atom. The first kappa shape index (κ1) is 10.8. The van der Waals surface area contributed by atoms with Crippen molar-refractivity contribution in [3.8, 4) is 0 Å². The molecule has 0 saturated heterocycles. The quantitative estimate of drug-likeness (QED) is 0.672. The first-order valence-corrected chi connectivity index (χ1v) is 6.80. The zero-order valence-corrected chi connectivity index (χ0v) is 10.8. The summed E-state index contributed by atoms with van der Waals surface area (Å²) in [6.07, 6.45) is 7.68. The summed E-state index contributed by atoms with van der Waals surface area (Å²) in [5, 5.41) is 9.55. The molecule has 4 bridgehead atoms. The Balaban J connectivity index is 2.03. The van der Waals surface area contributed by atoms with Crippen molar-refractivity contribution >= 4 is 0 Å². The molecule has 3 aliphatic rings. The van der Waals surface area contributed by atoms with Gasteiger partial charge < -0.3 is 5.11 Å². The minimum absolute atomic E-state index is 0.291. The number of hydrogen-bond acceptors (Lipinski definition) is 1. The monoisotopic (exact) mass is 220 g/mol. The predicted octanol–water partition coefficient (Wildman–Crippen LogP) is 3.39. The van der Waals surface area contributed by atoms with Crippen molar-refractivity contribution in [1.29, 1.82) is 0 Å². The normalized spacial score (nSPS) is 49.0. The van der Waals surface area contributed by atoms with Crippen LogP contribution in [0.5, 0.6) is 0 Å². The molecule has 0 aromatic carbocycles. The van der Waals surface area contributed by atoms with Crippen molar-refractivity contribution < 1.29 is 5.11 Å². The Labute approximate surface area is 98.9 Å². The van der Waals surface area contributed by atoms with E-state index in [2.05, 4.69) is 26.8 Å². The first-order chi connectivity index (χ1) is 7.50. The highest BCUT2D eigenvalue weighted by Crippen LogP contribution is 2.72. The molecular formula is C15H24O. The molecule has 0 radical (unpaired) electrons. The van der Waals surface area contributed by atoms with E-state index in [4.69, 9.17) is 0 Å². The lowest BCUT2D eigenvalue weighted by Gasteiger charge is -2.66. The van der Waals surface area contributed by atoms with E-state index in [1.165, 1.54) is 31.3 Å². The zero-order valence-electron chi connectivity index (χ0n) is 10.8. The number of aliphatic hydroxyl groups is 1. The van der Waals surface area contributed by atoms with E-state index in [0.717, 1.165) is 11.8 Å². The molecule has 0 unspecified atom stereocenters. The minimum Gasteiger partial charge on any atom is -0.392 e. The predicted molar refractivity (Wildman–Crippen MR) is 66.0 cm³/mol. The second-order valence-electron chi connectivity index (χ2n) is 7.13. The molecule has 0 spiro atoms. The summed E-state index contributed by atoms with van der Waals surface area (Å²) >= 11 is 0. The molecule has 16 heavy (non-hydrogen) atoms. The van der Waals surface area contributed by atoms with Crippen LogP contribution in [0.15, 0.2) is 11.6 Å². The Bertz CT molecular complexity index is 341. The topological polar surface area (TPSA) is 20.2 Å². The average molecular weight is 220 g/mol. The molecule has 0 aromatic heterocycles. The van der Waals surface area contributed by atoms with Crippen LogP contribution < -0.4 is 0 Å². The van der Waals surface area contributed by atoms with Crippen LogP contribution in [0.4, 0.5) is 0 Å². The smallest absolute Gasteiger partial charge is 0.0644 e. The molecule has 1 nitrogen and oxygen atoms in total. The van der Waals surface area contributed by atoms with Gasteiger partial charge >= 0.3 is 0 Å². The summed E-state index contributed by atoms with van der Waals surface area (Å²) in [7, 11) is 0. The third-order valence-corrected chi connectivity index (χ3v) is 6.01. The van der Waals surface area contributed by atoms with Crippen LogP contribution in [0.2, 0.25) is 0 Å². The van der Waals surface area contributed by atoms with E-state index in [0.29, 0.717) is 23.4 Å². The van der Waals surface area contributed by atoms with E-state index in [-0.39, 0.29) is 0 Å². The summed E-state index contributed by atoms with van der Waals surface area (Å²) in [4.78, 5) is 0. The van der Waals surface area contributed by atoms with Gasteiger partial charge in [-0.3, -0.25) is 0 Å². The first-order valence-electron chi connectivity index (χ1n) is 6.80. The van der Waals surface area contributed by atoms with Gasteiger partial charge in [-0.2, -0.15) is 0 Å². The fourth-order valence-corrected chi connectivity index (χ4v) is 5.23. The highest BCUT2D eigenvalue weighted by atomic mass is 16.3. The van der Waals surface area contributed by atoms with Gasteiger partial charge in [0, 0.05) is 0 Å². The van der Waals surface area contributed by atoms with Crippen LogP contribution in [0.1, 0.15) is 46.5 Å². The van der Waals surface area contributed by atoms with Crippen molar-refractivity contribution in [1.82, 2.24) is 0 Å². The zero-order chi connectivity index (χ0) is 11.6. The van der Waals surface area contributed by atoms with Crippen LogP contribution in [-0.2, 0) is 0 Å². The molecule has 1 heteroatoms. The van der Waals surface area contributed by atoms with Crippen molar-refractivity contribution in [3.05, 3.63) is 11.6 Å². The molecule has 4 atom stereocenters. The van der Waals surface area contributed by atoms with Crippen molar-refractivity contribution in [2.75, 3.05) is 6.61 Å². The van der Waals surface area contributed by atoms with E-state index in [9.17, 15) is 5.11 Å². The highest BCUT2D eigenvalue weighted by Gasteiger charge is 2.65. The van der Waals surface area contributed by atoms with E-state index < -0.39 is 0 Å². The number of allylic oxidation sites excluding steroid dienone is 1. The van der Waals surface area contributed by atoms with Gasteiger partial charge in [0.1, 0.15) is 0 Å². The van der Waals surface area contributed by atoms with Crippen LogP contribution in [0, 0.1) is 28.6 Å². The molecule has 0 aliphatic heterocycles. The van der Waals surface area contributed by atoms with E-state index in [1.54, 1.807) is 0 Å². The summed E-state index contributed by atoms with van der Waals surface area (Å²) in [5.74, 6) is 2.42. The van der Waals surface area contributed by atoms with Crippen LogP contribution in [0.3, 0.4) is 0 Å². The second-order valence-corrected chi connectivity index (χ2v) is 7.13. The lowest BCUT2D eigenvalue weighted by Crippen LogP contribution is -2.60. The molecule has 3 aliphatic carbocycles. The van der Waals surface area contributed by atoms with Gasteiger partial charge in [-0.15, -0.1) is 0 Å². The summed E-state index contributed by atoms with van der Waals surface area (Å²) in [6.45, 7) is 7.66. The largest absolute Gasteiger partial charge is 0.392 e. The maximum atomic E-state index is 9.55. The fourth-order valence-electron chi connectivity index (χ4n) is 5.23. The SMILES string of the molecule is CC1(C)CCC[C@@]2(C)[C@@H]3CC=C(CO)[C@H]2[C@H]31. The summed E-state index contributed by atoms with van der Waals surface area (Å²) < 4.78 is 0. The summed E-state index contributed by atoms with van der Waals surface area (Å²) in [6, 6.07) is 0. The molecule has 0 aromatic rings. The minimum atomic E-state index is 0.291. The van der Waals surface area contributed by atoms with Gasteiger partial charge in [0.2, 0.25) is 0 Å². The maximum Gasteiger partial charge on any atom is 0.0644 e. The van der Waals surface area contributed by atoms with E-state index in [1.807, 2.05) is 0 Å². The molecule has 1 N–H and O–H groups in total. The number of rotatable bonds is 1. The number of aliphatic hydroxyl groups excluding tert-OH is 1. The molecule has 90 valence electrons. The van der Waals surface area contributed by atoms with Crippen molar-refractivity contribution in [2.45, 2.75) is 46.5 Å². The summed E-state index contributed by atoms with van der Waals surface area (Å²) in [5.41, 5.74) is 2.36. The Morgan fingerprint density at radius 3 is 2.75 bits per heavy atom. The third-order valence-electron chi connectivity index (χ3n) is 6.01. The second kappa shape index (κ2) is 3.13. The van der Waals surface area contributed by atoms with Crippen LogP contribution in [-0.4, -0.2) is 11.7 Å². The Kier molecular flexibility index (Phi) is 2.12. The molecule has 2 saturated carbocycles. The number of fused-ring (bicyclic) bond motifs is 1. The van der Waals surface area contributed by atoms with Crippen LogP contribution in [0.25, 0.3) is 0 Å².